The minimum atomic E-state index is -0.457. The highest BCUT2D eigenvalue weighted by molar-refractivity contribution is 6.14. The van der Waals surface area contributed by atoms with Crippen molar-refractivity contribution in [1.29, 1.82) is 0 Å². The molecule has 1 aliphatic carbocycles. The lowest BCUT2D eigenvalue weighted by atomic mass is 9.87. The molecule has 212 valence electrons. The average molecular weight is 565 g/mol. The standard InChI is InChI=1S/C35H29FO6/c1-4-40-33(37)23-11-7-21(8-12-23)31(22-9-13-24(14-10-22)34(38)41-5-2)32-28-18-16-26(36)20-29(28)27-17-15-25(19-30(27)32)35(39)42-6-3/h7-20H,4-6H2,1-3H3. The molecule has 0 N–H and O–H groups in total. The summed E-state index contributed by atoms with van der Waals surface area (Å²) in [5.74, 6) is -1.69. The predicted octanol–water partition coefficient (Wildman–Crippen LogP) is 7.34. The van der Waals surface area contributed by atoms with E-state index in [0.29, 0.717) is 22.3 Å². The molecule has 4 aromatic carbocycles. The third-order valence-electron chi connectivity index (χ3n) is 6.96. The van der Waals surface area contributed by atoms with E-state index >= 15 is 0 Å². The molecular formula is C35H29FO6. The van der Waals surface area contributed by atoms with Crippen LogP contribution in [0.1, 0.15) is 74.1 Å². The van der Waals surface area contributed by atoms with E-state index < -0.39 is 17.9 Å². The summed E-state index contributed by atoms with van der Waals surface area (Å²) < 4.78 is 30.1. The van der Waals surface area contributed by atoms with Crippen LogP contribution in [0.3, 0.4) is 0 Å². The Morgan fingerprint density at radius 3 is 1.43 bits per heavy atom. The molecule has 0 heterocycles. The number of hydrogen-bond donors (Lipinski definition) is 0. The van der Waals surface area contributed by atoms with E-state index in [9.17, 15) is 18.8 Å². The zero-order valence-corrected chi connectivity index (χ0v) is 23.5. The lowest BCUT2D eigenvalue weighted by Crippen LogP contribution is -2.06. The second-order valence-electron chi connectivity index (χ2n) is 9.52. The first-order chi connectivity index (χ1) is 20.4. The van der Waals surface area contributed by atoms with Gasteiger partial charge in [-0.15, -0.1) is 0 Å². The van der Waals surface area contributed by atoms with E-state index in [1.807, 2.05) is 24.3 Å². The Bertz CT molecular complexity index is 1640. The van der Waals surface area contributed by atoms with Crippen LogP contribution in [0, 0.1) is 5.82 Å². The Morgan fingerprint density at radius 2 is 0.929 bits per heavy atom. The molecule has 0 atom stereocenters. The molecule has 5 rings (SSSR count). The Hall–Kier alpha value is -5.04. The highest BCUT2D eigenvalue weighted by Crippen LogP contribution is 2.49. The third kappa shape index (κ3) is 5.46. The molecule has 0 bridgehead atoms. The van der Waals surface area contributed by atoms with Gasteiger partial charge in [0, 0.05) is 0 Å². The average Bonchev–Trinajstić information content (AvgIpc) is 3.31. The molecule has 0 aromatic heterocycles. The minimum Gasteiger partial charge on any atom is -0.462 e. The predicted molar refractivity (Wildman–Crippen MR) is 158 cm³/mol. The number of rotatable bonds is 8. The second kappa shape index (κ2) is 12.2. The normalized spacial score (nSPS) is 11.4. The van der Waals surface area contributed by atoms with Gasteiger partial charge in [0.15, 0.2) is 0 Å². The van der Waals surface area contributed by atoms with Gasteiger partial charge in [-0.25, -0.2) is 18.8 Å². The zero-order valence-electron chi connectivity index (χ0n) is 23.5. The Labute approximate surface area is 243 Å². The molecule has 0 spiro atoms. The van der Waals surface area contributed by atoms with Crippen molar-refractivity contribution in [2.24, 2.45) is 0 Å². The second-order valence-corrected chi connectivity index (χ2v) is 9.52. The van der Waals surface area contributed by atoms with E-state index in [1.54, 1.807) is 69.3 Å². The fourth-order valence-electron chi connectivity index (χ4n) is 5.13. The Morgan fingerprint density at radius 1 is 0.500 bits per heavy atom. The lowest BCUT2D eigenvalue weighted by molar-refractivity contribution is 0.0516. The number of carbonyl (C=O) groups is 3. The highest BCUT2D eigenvalue weighted by Gasteiger charge is 2.29. The number of carbonyl (C=O) groups excluding carboxylic acids is 3. The number of esters is 3. The van der Waals surface area contributed by atoms with Crippen molar-refractivity contribution >= 4 is 29.1 Å². The lowest BCUT2D eigenvalue weighted by Gasteiger charge is -2.16. The number of hydrogen-bond acceptors (Lipinski definition) is 6. The van der Waals surface area contributed by atoms with Crippen LogP contribution in [0.5, 0.6) is 0 Å². The molecule has 0 aliphatic heterocycles. The zero-order chi connectivity index (χ0) is 29.8. The van der Waals surface area contributed by atoms with Gasteiger partial charge in [-0.3, -0.25) is 0 Å². The van der Waals surface area contributed by atoms with Gasteiger partial charge in [-0.1, -0.05) is 36.4 Å². The quantitative estimate of drug-likeness (QED) is 0.145. The fourth-order valence-corrected chi connectivity index (χ4v) is 5.13. The molecule has 4 aromatic rings. The molecule has 42 heavy (non-hydrogen) atoms. The number of ether oxygens (including phenoxy) is 3. The van der Waals surface area contributed by atoms with Crippen molar-refractivity contribution < 1.29 is 33.0 Å². The molecule has 0 radical (unpaired) electrons. The highest BCUT2D eigenvalue weighted by atomic mass is 19.1. The maximum Gasteiger partial charge on any atom is 0.338 e. The first-order valence-corrected chi connectivity index (χ1v) is 13.8. The van der Waals surface area contributed by atoms with Gasteiger partial charge < -0.3 is 14.2 Å². The molecule has 6 nitrogen and oxygen atoms in total. The van der Waals surface area contributed by atoms with Gasteiger partial charge in [0.05, 0.1) is 36.5 Å². The smallest absolute Gasteiger partial charge is 0.338 e. The van der Waals surface area contributed by atoms with E-state index in [-0.39, 0.29) is 25.6 Å². The molecule has 7 heteroatoms. The molecule has 0 saturated carbocycles. The van der Waals surface area contributed by atoms with Crippen LogP contribution in [0.4, 0.5) is 4.39 Å². The fraction of sp³-hybridized carbons (Fsp3) is 0.171. The van der Waals surface area contributed by atoms with E-state index in [0.717, 1.165) is 39.0 Å². The molecular weight excluding hydrogens is 535 g/mol. The maximum atomic E-state index is 14.5. The first-order valence-electron chi connectivity index (χ1n) is 13.8. The first kappa shape index (κ1) is 28.5. The largest absolute Gasteiger partial charge is 0.462 e. The Kier molecular flexibility index (Phi) is 8.29. The summed E-state index contributed by atoms with van der Waals surface area (Å²) in [6.07, 6.45) is 0. The SMILES string of the molecule is CCOC(=O)c1ccc(C(=C2c3cc(C(=O)OCC)ccc3-c3cc(F)ccc32)c2ccc(C(=O)OCC)cc2)cc1. The monoisotopic (exact) mass is 564 g/mol. The van der Waals surface area contributed by atoms with Crippen LogP contribution in [0.15, 0.2) is 84.9 Å². The summed E-state index contributed by atoms with van der Waals surface area (Å²) in [6, 6.07) is 23.9. The van der Waals surface area contributed by atoms with Crippen molar-refractivity contribution in [3.63, 3.8) is 0 Å². The summed E-state index contributed by atoms with van der Waals surface area (Å²) >= 11 is 0. The summed E-state index contributed by atoms with van der Waals surface area (Å²) in [7, 11) is 0. The Balaban J connectivity index is 1.78. The van der Waals surface area contributed by atoms with Crippen molar-refractivity contribution in [3.8, 4) is 11.1 Å². The van der Waals surface area contributed by atoms with Gasteiger partial charge in [0.1, 0.15) is 5.82 Å². The van der Waals surface area contributed by atoms with Gasteiger partial charge in [-0.2, -0.15) is 0 Å². The van der Waals surface area contributed by atoms with Crippen LogP contribution >= 0.6 is 0 Å². The van der Waals surface area contributed by atoms with Crippen LogP contribution in [-0.4, -0.2) is 37.7 Å². The molecule has 0 fully saturated rings. The van der Waals surface area contributed by atoms with Crippen molar-refractivity contribution in [2.45, 2.75) is 20.8 Å². The van der Waals surface area contributed by atoms with Crippen molar-refractivity contribution in [3.05, 3.63) is 130 Å². The van der Waals surface area contributed by atoms with Crippen molar-refractivity contribution in [1.82, 2.24) is 0 Å². The summed E-state index contributed by atoms with van der Waals surface area (Å²) in [6.45, 7) is 5.99. The van der Waals surface area contributed by atoms with Gasteiger partial charge in [0.2, 0.25) is 0 Å². The number of halogens is 1. The van der Waals surface area contributed by atoms with Gasteiger partial charge >= 0.3 is 17.9 Å². The third-order valence-corrected chi connectivity index (χ3v) is 6.96. The maximum absolute atomic E-state index is 14.5. The van der Waals surface area contributed by atoms with Gasteiger partial charge in [0.25, 0.3) is 0 Å². The number of benzene rings is 4. The minimum absolute atomic E-state index is 0.231. The van der Waals surface area contributed by atoms with E-state index in [4.69, 9.17) is 14.2 Å². The van der Waals surface area contributed by atoms with Crippen LogP contribution < -0.4 is 0 Å². The van der Waals surface area contributed by atoms with E-state index in [2.05, 4.69) is 0 Å². The molecule has 0 amide bonds. The molecule has 1 aliphatic rings. The topological polar surface area (TPSA) is 78.9 Å². The summed E-state index contributed by atoms with van der Waals surface area (Å²) in [5.41, 5.74) is 7.26. The van der Waals surface area contributed by atoms with Gasteiger partial charge in [-0.05, 0) is 114 Å². The van der Waals surface area contributed by atoms with E-state index in [1.165, 1.54) is 12.1 Å². The van der Waals surface area contributed by atoms with Crippen LogP contribution in [0.2, 0.25) is 0 Å². The van der Waals surface area contributed by atoms with Crippen LogP contribution in [0.25, 0.3) is 22.3 Å². The number of fused-ring (bicyclic) bond motifs is 3. The summed E-state index contributed by atoms with van der Waals surface area (Å²) in [4.78, 5) is 37.4. The van der Waals surface area contributed by atoms with Crippen molar-refractivity contribution in [2.75, 3.05) is 19.8 Å². The molecule has 0 saturated heterocycles. The van der Waals surface area contributed by atoms with Crippen LogP contribution in [-0.2, 0) is 14.2 Å². The molecule has 0 unspecified atom stereocenters. The summed E-state index contributed by atoms with van der Waals surface area (Å²) in [5, 5.41) is 0.